The number of piperidine rings is 1. The van der Waals surface area contributed by atoms with Crippen LogP contribution in [-0.4, -0.2) is 40.3 Å². The van der Waals surface area contributed by atoms with Crippen LogP contribution in [0.15, 0.2) is 30.9 Å². The standard InChI is InChI=1S/C19H25NO2/c1-2-7-19-8-9-20(12-13-3-4-13)17(18(19)22)10-14-5-6-15(21)11-16(14)19/h2,5-6,11,13,17-18,21-22H,1,3-4,7-10,12H2/t17?,18-,19?/m0/s1. The number of aliphatic hydroxyl groups is 1. The van der Waals surface area contributed by atoms with Crippen LogP contribution in [0.25, 0.3) is 0 Å². The zero-order chi connectivity index (χ0) is 15.3. The number of rotatable bonds is 4. The summed E-state index contributed by atoms with van der Waals surface area (Å²) in [5, 5.41) is 21.1. The number of hydrogen-bond acceptors (Lipinski definition) is 3. The molecule has 3 nitrogen and oxygen atoms in total. The van der Waals surface area contributed by atoms with E-state index in [0.29, 0.717) is 5.75 Å². The van der Waals surface area contributed by atoms with Gasteiger partial charge in [0.05, 0.1) is 6.10 Å². The van der Waals surface area contributed by atoms with Gasteiger partial charge in [0.1, 0.15) is 5.75 Å². The molecule has 2 fully saturated rings. The third-order valence-electron chi connectivity index (χ3n) is 6.00. The minimum absolute atomic E-state index is 0.214. The molecule has 1 saturated heterocycles. The first-order valence-electron chi connectivity index (χ1n) is 8.49. The number of allylic oxidation sites excluding steroid dienone is 1. The molecule has 2 aliphatic carbocycles. The number of fused-ring (bicyclic) bond motifs is 4. The molecule has 0 aromatic heterocycles. The van der Waals surface area contributed by atoms with Gasteiger partial charge in [-0.2, -0.15) is 0 Å². The van der Waals surface area contributed by atoms with Gasteiger partial charge in [0.15, 0.2) is 0 Å². The van der Waals surface area contributed by atoms with Crippen LogP contribution < -0.4 is 0 Å². The lowest BCUT2D eigenvalue weighted by molar-refractivity contribution is -0.0583. The van der Waals surface area contributed by atoms with Gasteiger partial charge in [-0.25, -0.2) is 0 Å². The molecular formula is C19H25NO2. The first-order chi connectivity index (χ1) is 10.6. The fourth-order valence-corrected chi connectivity index (χ4v) is 4.64. The molecule has 2 unspecified atom stereocenters. The number of nitrogens with zero attached hydrogens (tertiary/aromatic N) is 1. The molecular weight excluding hydrogens is 274 g/mol. The predicted octanol–water partition coefficient (Wildman–Crippen LogP) is 2.61. The smallest absolute Gasteiger partial charge is 0.115 e. The Kier molecular flexibility index (Phi) is 3.31. The van der Waals surface area contributed by atoms with Crippen molar-refractivity contribution in [2.24, 2.45) is 5.92 Å². The summed E-state index contributed by atoms with van der Waals surface area (Å²) in [4.78, 5) is 2.51. The summed E-state index contributed by atoms with van der Waals surface area (Å²) in [5.74, 6) is 1.15. The molecule has 3 atom stereocenters. The van der Waals surface area contributed by atoms with Crippen molar-refractivity contribution in [3.63, 3.8) is 0 Å². The SMILES string of the molecule is C=CCC12CCN(CC3CC3)C(Cc3ccc(O)cc31)[C@@H]2O. The summed E-state index contributed by atoms with van der Waals surface area (Å²) in [6, 6.07) is 5.90. The van der Waals surface area contributed by atoms with E-state index in [1.54, 1.807) is 6.07 Å². The maximum absolute atomic E-state index is 11.1. The largest absolute Gasteiger partial charge is 0.508 e. The normalized spacial score (nSPS) is 34.2. The van der Waals surface area contributed by atoms with E-state index in [9.17, 15) is 10.2 Å². The van der Waals surface area contributed by atoms with E-state index in [0.717, 1.165) is 43.8 Å². The molecule has 118 valence electrons. The predicted molar refractivity (Wildman–Crippen MR) is 87.0 cm³/mol. The van der Waals surface area contributed by atoms with Gasteiger partial charge in [0.2, 0.25) is 0 Å². The van der Waals surface area contributed by atoms with E-state index >= 15 is 0 Å². The Hall–Kier alpha value is -1.32. The highest BCUT2D eigenvalue weighted by Crippen LogP contribution is 2.49. The molecule has 3 aliphatic rings. The second-order valence-corrected chi connectivity index (χ2v) is 7.40. The van der Waals surface area contributed by atoms with E-state index in [1.165, 1.54) is 18.4 Å². The number of likely N-dealkylation sites (tertiary alicyclic amines) is 1. The van der Waals surface area contributed by atoms with Crippen molar-refractivity contribution >= 4 is 0 Å². The lowest BCUT2D eigenvalue weighted by Gasteiger charge is -2.54. The Balaban J connectivity index is 1.75. The first kappa shape index (κ1) is 14.3. The van der Waals surface area contributed by atoms with Gasteiger partial charge in [-0.15, -0.1) is 6.58 Å². The second-order valence-electron chi connectivity index (χ2n) is 7.40. The van der Waals surface area contributed by atoms with Crippen LogP contribution >= 0.6 is 0 Å². The number of aliphatic hydroxyl groups excluding tert-OH is 1. The summed E-state index contributed by atoms with van der Waals surface area (Å²) in [7, 11) is 0. The van der Waals surface area contributed by atoms with Gasteiger partial charge in [-0.1, -0.05) is 12.1 Å². The molecule has 1 aliphatic heterocycles. The zero-order valence-electron chi connectivity index (χ0n) is 13.0. The molecule has 0 radical (unpaired) electrons. The summed E-state index contributed by atoms with van der Waals surface area (Å²) in [6.07, 6.45) is 6.87. The Morgan fingerprint density at radius 2 is 2.18 bits per heavy atom. The number of benzene rings is 1. The number of aromatic hydroxyl groups is 1. The number of phenolic OH excluding ortho intramolecular Hbond substituents is 1. The van der Waals surface area contributed by atoms with Crippen molar-refractivity contribution in [3.05, 3.63) is 42.0 Å². The average molecular weight is 299 g/mol. The van der Waals surface area contributed by atoms with E-state index in [-0.39, 0.29) is 17.6 Å². The van der Waals surface area contributed by atoms with Crippen molar-refractivity contribution in [2.75, 3.05) is 13.1 Å². The highest BCUT2D eigenvalue weighted by molar-refractivity contribution is 5.45. The minimum atomic E-state index is -0.368. The van der Waals surface area contributed by atoms with Crippen LogP contribution in [0.4, 0.5) is 0 Å². The zero-order valence-corrected chi connectivity index (χ0v) is 13.0. The average Bonchev–Trinajstić information content (AvgIpc) is 3.30. The fraction of sp³-hybridized carbons (Fsp3) is 0.579. The molecule has 0 spiro atoms. The van der Waals surface area contributed by atoms with Crippen LogP contribution in [0.3, 0.4) is 0 Å². The monoisotopic (exact) mass is 299 g/mol. The summed E-state index contributed by atoms with van der Waals surface area (Å²) < 4.78 is 0. The van der Waals surface area contributed by atoms with Crippen LogP contribution in [0, 0.1) is 5.92 Å². The Labute approximate surface area is 132 Å². The Morgan fingerprint density at radius 1 is 1.36 bits per heavy atom. The van der Waals surface area contributed by atoms with Crippen molar-refractivity contribution in [1.82, 2.24) is 4.90 Å². The van der Waals surface area contributed by atoms with Crippen molar-refractivity contribution in [3.8, 4) is 5.75 Å². The van der Waals surface area contributed by atoms with E-state index < -0.39 is 0 Å². The molecule has 1 heterocycles. The van der Waals surface area contributed by atoms with Crippen LogP contribution in [-0.2, 0) is 11.8 Å². The third-order valence-corrected chi connectivity index (χ3v) is 6.00. The van der Waals surface area contributed by atoms with Gasteiger partial charge in [0, 0.05) is 18.0 Å². The number of hydrogen-bond donors (Lipinski definition) is 2. The molecule has 1 saturated carbocycles. The van der Waals surface area contributed by atoms with Gasteiger partial charge < -0.3 is 10.2 Å². The maximum atomic E-state index is 11.1. The highest BCUT2D eigenvalue weighted by Gasteiger charge is 2.52. The molecule has 1 aromatic carbocycles. The first-order valence-corrected chi connectivity index (χ1v) is 8.49. The molecule has 4 rings (SSSR count). The number of phenols is 1. The maximum Gasteiger partial charge on any atom is 0.115 e. The molecule has 22 heavy (non-hydrogen) atoms. The summed E-state index contributed by atoms with van der Waals surface area (Å²) >= 11 is 0. The molecule has 2 N–H and O–H groups in total. The topological polar surface area (TPSA) is 43.7 Å². The lowest BCUT2D eigenvalue weighted by atomic mass is 9.60. The van der Waals surface area contributed by atoms with Crippen LogP contribution in [0.5, 0.6) is 5.75 Å². The van der Waals surface area contributed by atoms with E-state index in [2.05, 4.69) is 11.5 Å². The van der Waals surface area contributed by atoms with Crippen LogP contribution in [0.1, 0.15) is 36.8 Å². The van der Waals surface area contributed by atoms with Gasteiger partial charge in [0.25, 0.3) is 0 Å². The lowest BCUT2D eigenvalue weighted by Crippen LogP contribution is -2.63. The second kappa shape index (κ2) is 5.10. The Bertz CT molecular complexity index is 595. The summed E-state index contributed by atoms with van der Waals surface area (Å²) in [6.45, 7) is 6.10. The summed E-state index contributed by atoms with van der Waals surface area (Å²) in [5.41, 5.74) is 2.16. The molecule has 2 bridgehead atoms. The van der Waals surface area contributed by atoms with Gasteiger partial charge >= 0.3 is 0 Å². The minimum Gasteiger partial charge on any atom is -0.508 e. The Morgan fingerprint density at radius 3 is 2.91 bits per heavy atom. The third kappa shape index (κ3) is 2.10. The van der Waals surface area contributed by atoms with Gasteiger partial charge in [-0.05, 0) is 67.8 Å². The molecule has 1 aromatic rings. The fourth-order valence-electron chi connectivity index (χ4n) is 4.64. The molecule has 0 amide bonds. The quantitative estimate of drug-likeness (QED) is 0.840. The van der Waals surface area contributed by atoms with Crippen molar-refractivity contribution in [1.29, 1.82) is 0 Å². The van der Waals surface area contributed by atoms with E-state index in [4.69, 9.17) is 0 Å². The van der Waals surface area contributed by atoms with Crippen molar-refractivity contribution in [2.45, 2.75) is 49.7 Å². The van der Waals surface area contributed by atoms with Gasteiger partial charge in [-0.3, -0.25) is 4.90 Å². The highest BCUT2D eigenvalue weighted by atomic mass is 16.3. The van der Waals surface area contributed by atoms with Crippen molar-refractivity contribution < 1.29 is 10.2 Å². The van der Waals surface area contributed by atoms with Crippen LogP contribution in [0.2, 0.25) is 0 Å². The molecule has 3 heteroatoms. The van der Waals surface area contributed by atoms with E-state index in [1.807, 2.05) is 18.2 Å².